The number of hydrogen-bond donors (Lipinski definition) is 3. The van der Waals surface area contributed by atoms with Crippen LogP contribution < -0.4 is 10.7 Å². The summed E-state index contributed by atoms with van der Waals surface area (Å²) in [6.07, 6.45) is 1.07. The third kappa shape index (κ3) is 5.22. The molecular formula is C21H15ClN4O5. The number of aromatic hydroxyl groups is 1. The number of amides is 2. The molecule has 0 fully saturated rings. The van der Waals surface area contributed by atoms with Gasteiger partial charge >= 0.3 is 0 Å². The van der Waals surface area contributed by atoms with Crippen LogP contribution in [0.25, 0.3) is 0 Å². The number of non-ortho nitro benzene ring substituents is 1. The quantitative estimate of drug-likeness (QED) is 0.304. The van der Waals surface area contributed by atoms with E-state index in [1.165, 1.54) is 6.07 Å². The molecule has 0 saturated carbocycles. The molecule has 3 aromatic carbocycles. The van der Waals surface area contributed by atoms with Gasteiger partial charge in [0.05, 0.1) is 33.0 Å². The van der Waals surface area contributed by atoms with Gasteiger partial charge < -0.3 is 10.4 Å². The molecule has 0 unspecified atom stereocenters. The van der Waals surface area contributed by atoms with Crippen molar-refractivity contribution in [3.63, 3.8) is 0 Å². The third-order valence-corrected chi connectivity index (χ3v) is 4.46. The number of para-hydroxylation sites is 1. The molecule has 0 saturated heterocycles. The summed E-state index contributed by atoms with van der Waals surface area (Å²) in [5.41, 5.74) is 2.68. The molecular weight excluding hydrogens is 424 g/mol. The molecule has 0 heterocycles. The van der Waals surface area contributed by atoms with Gasteiger partial charge in [-0.15, -0.1) is 0 Å². The van der Waals surface area contributed by atoms with Crippen LogP contribution in [0.15, 0.2) is 71.8 Å². The highest BCUT2D eigenvalue weighted by atomic mass is 35.5. The van der Waals surface area contributed by atoms with Crippen LogP contribution in [0.4, 0.5) is 11.4 Å². The number of carbonyl (C=O) groups is 2. The van der Waals surface area contributed by atoms with E-state index in [-0.39, 0.29) is 38.8 Å². The minimum Gasteiger partial charge on any atom is -0.507 e. The number of carbonyl (C=O) groups excluding carboxylic acids is 2. The fourth-order valence-electron chi connectivity index (χ4n) is 2.60. The molecule has 0 aliphatic rings. The number of phenols is 1. The number of anilines is 1. The van der Waals surface area contributed by atoms with Crippen LogP contribution in [0, 0.1) is 10.1 Å². The van der Waals surface area contributed by atoms with Gasteiger partial charge in [0.25, 0.3) is 17.5 Å². The molecule has 0 aliphatic heterocycles. The van der Waals surface area contributed by atoms with Crippen molar-refractivity contribution in [1.29, 1.82) is 0 Å². The van der Waals surface area contributed by atoms with Crippen molar-refractivity contribution < 1.29 is 19.6 Å². The first-order chi connectivity index (χ1) is 14.9. The van der Waals surface area contributed by atoms with Crippen molar-refractivity contribution in [2.45, 2.75) is 0 Å². The minimum absolute atomic E-state index is 0.0507. The van der Waals surface area contributed by atoms with E-state index < -0.39 is 16.7 Å². The van der Waals surface area contributed by atoms with E-state index in [2.05, 4.69) is 15.8 Å². The van der Waals surface area contributed by atoms with Crippen LogP contribution in [0.2, 0.25) is 5.02 Å². The van der Waals surface area contributed by atoms with E-state index in [1.807, 2.05) is 0 Å². The lowest BCUT2D eigenvalue weighted by Gasteiger charge is -2.10. The summed E-state index contributed by atoms with van der Waals surface area (Å²) in [6, 6.07) is 16.2. The van der Waals surface area contributed by atoms with E-state index in [1.54, 1.807) is 42.5 Å². The van der Waals surface area contributed by atoms with Crippen molar-refractivity contribution >= 4 is 41.0 Å². The first kappa shape index (κ1) is 21.5. The predicted octanol–water partition coefficient (Wildman–Crippen LogP) is 3.97. The van der Waals surface area contributed by atoms with Gasteiger partial charge in [-0.05, 0) is 30.3 Å². The average molecular weight is 439 g/mol. The predicted molar refractivity (Wildman–Crippen MR) is 116 cm³/mol. The highest BCUT2D eigenvalue weighted by Gasteiger charge is 2.15. The second-order valence-corrected chi connectivity index (χ2v) is 6.59. The first-order valence-corrected chi connectivity index (χ1v) is 9.20. The Kier molecular flexibility index (Phi) is 6.58. The number of nitro benzene ring substituents is 1. The fraction of sp³-hybridized carbons (Fsp3) is 0. The smallest absolute Gasteiger partial charge is 0.273 e. The van der Waals surface area contributed by atoms with Crippen LogP contribution in [0.3, 0.4) is 0 Å². The number of nitrogens with one attached hydrogen (secondary N) is 2. The Balaban J connectivity index is 1.75. The van der Waals surface area contributed by atoms with Crippen LogP contribution in [0.1, 0.15) is 26.3 Å². The maximum atomic E-state index is 12.5. The maximum absolute atomic E-state index is 12.5. The van der Waals surface area contributed by atoms with E-state index >= 15 is 0 Å². The Morgan fingerprint density at radius 2 is 1.68 bits per heavy atom. The zero-order chi connectivity index (χ0) is 22.4. The number of hydrogen-bond acceptors (Lipinski definition) is 6. The van der Waals surface area contributed by atoms with Gasteiger partial charge in [-0.3, -0.25) is 19.7 Å². The molecule has 10 heteroatoms. The van der Waals surface area contributed by atoms with Crippen molar-refractivity contribution in [2.24, 2.45) is 5.10 Å². The van der Waals surface area contributed by atoms with Gasteiger partial charge in [0.1, 0.15) is 5.75 Å². The van der Waals surface area contributed by atoms with Crippen molar-refractivity contribution in [3.05, 3.63) is 98.6 Å². The normalized spacial score (nSPS) is 10.6. The molecule has 156 valence electrons. The largest absolute Gasteiger partial charge is 0.507 e. The molecule has 0 aromatic heterocycles. The standard InChI is InChI=1S/C21H15ClN4O5/c22-17-7-3-1-5-15(17)20(28)24-18-8-4-2-6-16(18)21(29)25-23-12-13-11-14(26(30)31)9-10-19(13)27/h1-12,27H,(H,24,28)(H,25,29)/b23-12-. The summed E-state index contributed by atoms with van der Waals surface area (Å²) in [5.74, 6) is -1.37. The van der Waals surface area contributed by atoms with Gasteiger partial charge in [-0.2, -0.15) is 5.10 Å². The summed E-state index contributed by atoms with van der Waals surface area (Å²) in [6.45, 7) is 0. The number of hydrazone groups is 1. The monoisotopic (exact) mass is 438 g/mol. The number of rotatable bonds is 6. The summed E-state index contributed by atoms with van der Waals surface area (Å²) in [5, 5.41) is 27.3. The summed E-state index contributed by atoms with van der Waals surface area (Å²) in [7, 11) is 0. The number of nitro groups is 1. The molecule has 0 spiro atoms. The summed E-state index contributed by atoms with van der Waals surface area (Å²) < 4.78 is 0. The molecule has 31 heavy (non-hydrogen) atoms. The molecule has 3 N–H and O–H groups in total. The van der Waals surface area contributed by atoms with Gasteiger partial charge in [0, 0.05) is 17.7 Å². The zero-order valence-corrected chi connectivity index (χ0v) is 16.5. The van der Waals surface area contributed by atoms with Gasteiger partial charge in [-0.1, -0.05) is 35.9 Å². The van der Waals surface area contributed by atoms with E-state index in [0.29, 0.717) is 0 Å². The lowest BCUT2D eigenvalue weighted by molar-refractivity contribution is -0.384. The fourth-order valence-corrected chi connectivity index (χ4v) is 2.83. The maximum Gasteiger partial charge on any atom is 0.273 e. The van der Waals surface area contributed by atoms with Crippen LogP contribution in [-0.4, -0.2) is 28.1 Å². The molecule has 0 bridgehead atoms. The van der Waals surface area contributed by atoms with Crippen LogP contribution >= 0.6 is 11.6 Å². The molecule has 0 aliphatic carbocycles. The van der Waals surface area contributed by atoms with Crippen LogP contribution in [0.5, 0.6) is 5.75 Å². The highest BCUT2D eigenvalue weighted by Crippen LogP contribution is 2.22. The molecule has 3 aromatic rings. The van der Waals surface area contributed by atoms with E-state index in [9.17, 15) is 24.8 Å². The zero-order valence-electron chi connectivity index (χ0n) is 15.8. The molecule has 0 atom stereocenters. The van der Waals surface area contributed by atoms with Gasteiger partial charge in [0.2, 0.25) is 0 Å². The lowest BCUT2D eigenvalue weighted by Crippen LogP contribution is -2.21. The topological polar surface area (TPSA) is 134 Å². The SMILES string of the molecule is O=C(Nc1ccccc1C(=O)N/N=C\c1cc([N+](=O)[O-])ccc1O)c1ccccc1Cl. The Labute approximate surface area is 181 Å². The molecule has 9 nitrogen and oxygen atoms in total. The van der Waals surface area contributed by atoms with Crippen molar-refractivity contribution in [2.75, 3.05) is 5.32 Å². The summed E-state index contributed by atoms with van der Waals surface area (Å²) >= 11 is 6.04. The second-order valence-electron chi connectivity index (χ2n) is 6.18. The number of phenolic OH excluding ortho intramolecular Hbond substituents is 1. The number of benzene rings is 3. The van der Waals surface area contributed by atoms with E-state index in [4.69, 9.17) is 11.6 Å². The molecule has 2 amide bonds. The molecule has 0 radical (unpaired) electrons. The van der Waals surface area contributed by atoms with Crippen molar-refractivity contribution in [1.82, 2.24) is 5.43 Å². The molecule has 3 rings (SSSR count). The van der Waals surface area contributed by atoms with Crippen LogP contribution in [-0.2, 0) is 0 Å². The number of halogens is 1. The average Bonchev–Trinajstić information content (AvgIpc) is 2.75. The number of nitrogens with zero attached hydrogens (tertiary/aromatic N) is 2. The Hall–Kier alpha value is -4.24. The minimum atomic E-state index is -0.642. The second kappa shape index (κ2) is 9.51. The Bertz CT molecular complexity index is 1200. The summed E-state index contributed by atoms with van der Waals surface area (Å²) in [4.78, 5) is 35.3. The van der Waals surface area contributed by atoms with E-state index in [0.717, 1.165) is 24.4 Å². The van der Waals surface area contributed by atoms with Gasteiger partial charge in [-0.25, -0.2) is 5.43 Å². The Morgan fingerprint density at radius 3 is 2.39 bits per heavy atom. The first-order valence-electron chi connectivity index (χ1n) is 8.82. The highest BCUT2D eigenvalue weighted by molar-refractivity contribution is 6.34. The van der Waals surface area contributed by atoms with Crippen molar-refractivity contribution in [3.8, 4) is 5.75 Å². The lowest BCUT2D eigenvalue weighted by atomic mass is 10.1. The Morgan fingerprint density at radius 1 is 1.00 bits per heavy atom. The third-order valence-electron chi connectivity index (χ3n) is 4.13. The van der Waals surface area contributed by atoms with Gasteiger partial charge in [0.15, 0.2) is 0 Å².